The van der Waals surface area contributed by atoms with Crippen molar-refractivity contribution in [3.05, 3.63) is 0 Å². The Hall–Kier alpha value is -0.620. The standard InChI is InChI=1S/C9H16O5S/c1-3-15(12,13)5-7-4-9(7,6-14-2)8(10)11/h7H,3-6H2,1-2H3,(H,10,11). The Morgan fingerprint density at radius 1 is 1.60 bits per heavy atom. The van der Waals surface area contributed by atoms with Crippen molar-refractivity contribution in [1.82, 2.24) is 0 Å². The molecule has 0 radical (unpaired) electrons. The lowest BCUT2D eigenvalue weighted by atomic mass is 10.1. The lowest BCUT2D eigenvalue weighted by molar-refractivity contribution is -0.146. The highest BCUT2D eigenvalue weighted by Crippen LogP contribution is 2.53. The van der Waals surface area contributed by atoms with Crippen molar-refractivity contribution in [2.75, 3.05) is 25.2 Å². The van der Waals surface area contributed by atoms with Crippen LogP contribution in [0.5, 0.6) is 0 Å². The number of carboxylic acids is 1. The largest absolute Gasteiger partial charge is 0.481 e. The SMILES string of the molecule is CCS(=O)(=O)CC1CC1(COC)C(=O)O. The number of sulfone groups is 1. The average Bonchev–Trinajstić information content (AvgIpc) is 2.80. The summed E-state index contributed by atoms with van der Waals surface area (Å²) in [6, 6.07) is 0. The highest BCUT2D eigenvalue weighted by atomic mass is 32.2. The van der Waals surface area contributed by atoms with Crippen LogP contribution < -0.4 is 0 Å². The third kappa shape index (κ3) is 2.49. The molecule has 0 heterocycles. The van der Waals surface area contributed by atoms with Gasteiger partial charge in [-0.1, -0.05) is 6.92 Å². The van der Waals surface area contributed by atoms with Crippen LogP contribution in [0.2, 0.25) is 0 Å². The smallest absolute Gasteiger partial charge is 0.312 e. The second kappa shape index (κ2) is 4.09. The summed E-state index contributed by atoms with van der Waals surface area (Å²) in [6.45, 7) is 1.66. The van der Waals surface area contributed by atoms with Crippen molar-refractivity contribution in [1.29, 1.82) is 0 Å². The van der Waals surface area contributed by atoms with Crippen LogP contribution >= 0.6 is 0 Å². The van der Waals surface area contributed by atoms with Crippen LogP contribution in [0.3, 0.4) is 0 Å². The quantitative estimate of drug-likeness (QED) is 0.710. The topological polar surface area (TPSA) is 80.7 Å². The van der Waals surface area contributed by atoms with E-state index in [0.717, 1.165) is 0 Å². The van der Waals surface area contributed by atoms with Crippen LogP contribution in [-0.2, 0) is 19.4 Å². The van der Waals surface area contributed by atoms with E-state index in [1.54, 1.807) is 6.92 Å². The second-order valence-corrected chi connectivity index (χ2v) is 6.39. The van der Waals surface area contributed by atoms with Crippen molar-refractivity contribution < 1.29 is 23.1 Å². The minimum absolute atomic E-state index is 0.0425. The van der Waals surface area contributed by atoms with Gasteiger partial charge >= 0.3 is 5.97 Å². The summed E-state index contributed by atoms with van der Waals surface area (Å²) in [5.74, 6) is -1.23. The van der Waals surface area contributed by atoms with Gasteiger partial charge in [-0.2, -0.15) is 0 Å². The molecule has 1 saturated carbocycles. The Bertz CT molecular complexity index is 348. The number of aliphatic carboxylic acids is 1. The van der Waals surface area contributed by atoms with Crippen molar-refractivity contribution in [2.24, 2.45) is 11.3 Å². The molecule has 1 fully saturated rings. The van der Waals surface area contributed by atoms with Gasteiger partial charge in [0.1, 0.15) is 9.84 Å². The number of ether oxygens (including phenoxy) is 1. The molecule has 15 heavy (non-hydrogen) atoms. The van der Waals surface area contributed by atoms with Crippen LogP contribution in [0, 0.1) is 11.3 Å². The summed E-state index contributed by atoms with van der Waals surface area (Å²) in [4.78, 5) is 11.0. The van der Waals surface area contributed by atoms with Crippen LogP contribution in [0.4, 0.5) is 0 Å². The minimum atomic E-state index is -3.10. The molecule has 1 aliphatic rings. The van der Waals surface area contributed by atoms with E-state index >= 15 is 0 Å². The Kier molecular flexibility index (Phi) is 3.40. The van der Waals surface area contributed by atoms with E-state index in [2.05, 4.69) is 0 Å². The third-order valence-corrected chi connectivity index (χ3v) is 4.74. The lowest BCUT2D eigenvalue weighted by Crippen LogP contribution is -2.26. The van der Waals surface area contributed by atoms with Gasteiger partial charge in [-0.15, -0.1) is 0 Å². The molecule has 0 aromatic rings. The van der Waals surface area contributed by atoms with E-state index in [1.807, 2.05) is 0 Å². The molecule has 0 amide bonds. The minimum Gasteiger partial charge on any atom is -0.481 e. The molecule has 6 heteroatoms. The Morgan fingerprint density at radius 2 is 2.20 bits per heavy atom. The molecular weight excluding hydrogens is 220 g/mol. The number of hydrogen-bond acceptors (Lipinski definition) is 4. The van der Waals surface area contributed by atoms with E-state index in [4.69, 9.17) is 9.84 Å². The number of methoxy groups -OCH3 is 1. The molecule has 1 aliphatic carbocycles. The number of rotatable bonds is 6. The predicted molar refractivity (Wildman–Crippen MR) is 54.4 cm³/mol. The summed E-state index contributed by atoms with van der Waals surface area (Å²) in [7, 11) is -1.67. The predicted octanol–water partition coefficient (Wildman–Crippen LogP) is 0.158. The Morgan fingerprint density at radius 3 is 2.60 bits per heavy atom. The van der Waals surface area contributed by atoms with Crippen molar-refractivity contribution >= 4 is 15.8 Å². The van der Waals surface area contributed by atoms with Crippen LogP contribution in [0.15, 0.2) is 0 Å². The molecular formula is C9H16O5S. The van der Waals surface area contributed by atoms with Crippen LogP contribution in [0.25, 0.3) is 0 Å². The van der Waals surface area contributed by atoms with E-state index in [0.29, 0.717) is 6.42 Å². The first-order valence-corrected chi connectivity index (χ1v) is 6.63. The number of carboxylic acid groups (broad SMARTS) is 1. The Balaban J connectivity index is 2.67. The zero-order valence-corrected chi connectivity index (χ0v) is 9.71. The van der Waals surface area contributed by atoms with Gasteiger partial charge in [-0.05, 0) is 12.3 Å². The molecule has 5 nitrogen and oxygen atoms in total. The third-order valence-electron chi connectivity index (χ3n) is 2.95. The average molecular weight is 236 g/mol. The first-order chi connectivity index (χ1) is 6.88. The van der Waals surface area contributed by atoms with Gasteiger partial charge < -0.3 is 9.84 Å². The molecule has 88 valence electrons. The summed E-state index contributed by atoms with van der Waals surface area (Å²) in [5, 5.41) is 9.00. The monoisotopic (exact) mass is 236 g/mol. The van der Waals surface area contributed by atoms with Crippen molar-refractivity contribution in [3.63, 3.8) is 0 Å². The van der Waals surface area contributed by atoms with Crippen molar-refractivity contribution in [2.45, 2.75) is 13.3 Å². The van der Waals surface area contributed by atoms with E-state index < -0.39 is 21.2 Å². The van der Waals surface area contributed by atoms with Crippen molar-refractivity contribution in [3.8, 4) is 0 Å². The molecule has 1 rings (SSSR count). The van der Waals surface area contributed by atoms with Gasteiger partial charge in [0, 0.05) is 12.9 Å². The van der Waals surface area contributed by atoms with Gasteiger partial charge in [0.25, 0.3) is 0 Å². The molecule has 1 N–H and O–H groups in total. The molecule has 0 spiro atoms. The summed E-state index contributed by atoms with van der Waals surface area (Å²) < 4.78 is 27.5. The molecule has 0 saturated heterocycles. The summed E-state index contributed by atoms with van der Waals surface area (Å²) in [5.41, 5.74) is -0.961. The maximum absolute atomic E-state index is 11.3. The normalized spacial score (nSPS) is 30.1. The lowest BCUT2D eigenvalue weighted by Gasteiger charge is -2.10. The van der Waals surface area contributed by atoms with Gasteiger partial charge in [-0.25, -0.2) is 8.42 Å². The highest BCUT2D eigenvalue weighted by molar-refractivity contribution is 7.91. The van der Waals surface area contributed by atoms with E-state index in [1.165, 1.54) is 7.11 Å². The molecule has 2 unspecified atom stereocenters. The summed E-state index contributed by atoms with van der Waals surface area (Å²) >= 11 is 0. The zero-order chi connectivity index (χ0) is 11.7. The number of carbonyl (C=O) groups is 1. The van der Waals surface area contributed by atoms with Gasteiger partial charge in [0.05, 0.1) is 17.8 Å². The molecule has 0 aromatic carbocycles. The van der Waals surface area contributed by atoms with Gasteiger partial charge in [-0.3, -0.25) is 4.79 Å². The van der Waals surface area contributed by atoms with E-state index in [-0.39, 0.29) is 24.0 Å². The van der Waals surface area contributed by atoms with Gasteiger partial charge in [0.15, 0.2) is 0 Å². The highest BCUT2D eigenvalue weighted by Gasteiger charge is 2.61. The summed E-state index contributed by atoms with van der Waals surface area (Å²) in [6.07, 6.45) is 0.398. The fourth-order valence-electron chi connectivity index (χ4n) is 1.78. The molecule has 0 aliphatic heterocycles. The fraction of sp³-hybridized carbons (Fsp3) is 0.889. The van der Waals surface area contributed by atoms with Crippen LogP contribution in [-0.4, -0.2) is 44.7 Å². The zero-order valence-electron chi connectivity index (χ0n) is 8.89. The first kappa shape index (κ1) is 12.4. The van der Waals surface area contributed by atoms with E-state index in [9.17, 15) is 13.2 Å². The molecule has 0 bridgehead atoms. The maximum Gasteiger partial charge on any atom is 0.312 e. The number of hydrogen-bond donors (Lipinski definition) is 1. The molecule has 2 atom stereocenters. The van der Waals surface area contributed by atoms with Crippen LogP contribution in [0.1, 0.15) is 13.3 Å². The fourth-order valence-corrected chi connectivity index (χ4v) is 3.07. The maximum atomic E-state index is 11.3. The van der Waals surface area contributed by atoms with Gasteiger partial charge in [0.2, 0.25) is 0 Å². The molecule has 0 aromatic heterocycles. The Labute approximate surface area is 89.3 Å². The first-order valence-electron chi connectivity index (χ1n) is 4.80. The second-order valence-electron chi connectivity index (χ2n) is 3.99.